The summed E-state index contributed by atoms with van der Waals surface area (Å²) in [6.07, 6.45) is 6.43. The third kappa shape index (κ3) is 6.76. The second-order valence-corrected chi connectivity index (χ2v) is 19.8. The molecule has 0 atom stereocenters. The number of aromatic nitrogens is 1. The standard InChI is InChI=1S/C67H54N2/c1-67(2)59-36-13-9-32-58(59)66-57(35-20-37-60(66)67)54-31-12-16-40-63(54)69(62-39-15-11-30-53(62)56-34-19-24-46-23-18-33-51(65(46)56)45-21-5-3-6-22-45)50-28-17-25-47(43-50)48-41-42-55-52-29-10-14-38-61(52)68(64(55)44-48)49-26-7-4-8-27-49/h4,7-20,23-45H,3,5-6,21-22H2,1-2H3. The highest BCUT2D eigenvalue weighted by Crippen LogP contribution is 2.55. The molecule has 1 heterocycles. The van der Waals surface area contributed by atoms with Crippen molar-refractivity contribution in [2.45, 2.75) is 57.3 Å². The average Bonchev–Trinajstić information content (AvgIpc) is 3.87. The van der Waals surface area contributed by atoms with Crippen LogP contribution in [-0.2, 0) is 5.41 Å². The molecular formula is C67H54N2. The van der Waals surface area contributed by atoms with Crippen LogP contribution >= 0.6 is 0 Å². The summed E-state index contributed by atoms with van der Waals surface area (Å²) < 4.78 is 2.42. The second-order valence-electron chi connectivity index (χ2n) is 19.8. The van der Waals surface area contributed by atoms with Gasteiger partial charge in [-0.1, -0.05) is 209 Å². The van der Waals surface area contributed by atoms with Crippen LogP contribution in [0, 0.1) is 0 Å². The number of anilines is 3. The lowest BCUT2D eigenvalue weighted by atomic mass is 9.80. The van der Waals surface area contributed by atoms with Crippen LogP contribution in [0.4, 0.5) is 17.1 Å². The minimum atomic E-state index is -0.116. The maximum absolute atomic E-state index is 2.56. The van der Waals surface area contributed by atoms with Crippen molar-refractivity contribution in [2.75, 3.05) is 4.90 Å². The number of fused-ring (bicyclic) bond motifs is 7. The largest absolute Gasteiger partial charge is 0.309 e. The zero-order valence-corrected chi connectivity index (χ0v) is 39.4. The van der Waals surface area contributed by atoms with Gasteiger partial charge in [0.2, 0.25) is 0 Å². The Kier molecular flexibility index (Phi) is 9.98. The van der Waals surface area contributed by atoms with Crippen molar-refractivity contribution in [1.29, 1.82) is 0 Å². The van der Waals surface area contributed by atoms with Gasteiger partial charge in [-0.15, -0.1) is 0 Å². The highest BCUT2D eigenvalue weighted by molar-refractivity contribution is 6.11. The first-order chi connectivity index (χ1) is 34.0. The molecule has 1 fully saturated rings. The molecule has 0 N–H and O–H groups in total. The normalized spacial score (nSPS) is 14.3. The van der Waals surface area contributed by atoms with Crippen LogP contribution in [0.2, 0.25) is 0 Å². The Morgan fingerprint density at radius 3 is 1.84 bits per heavy atom. The van der Waals surface area contributed by atoms with Crippen LogP contribution < -0.4 is 4.90 Å². The summed E-state index contributed by atoms with van der Waals surface area (Å²) in [6.45, 7) is 4.76. The molecule has 0 aliphatic heterocycles. The van der Waals surface area contributed by atoms with E-state index in [9.17, 15) is 0 Å². The van der Waals surface area contributed by atoms with Gasteiger partial charge in [0.1, 0.15) is 0 Å². The van der Waals surface area contributed by atoms with Crippen molar-refractivity contribution in [1.82, 2.24) is 4.57 Å². The molecule has 13 rings (SSSR count). The van der Waals surface area contributed by atoms with Gasteiger partial charge in [-0.3, -0.25) is 0 Å². The molecule has 10 aromatic carbocycles. The second kappa shape index (κ2) is 16.7. The van der Waals surface area contributed by atoms with E-state index in [0.717, 1.165) is 22.7 Å². The van der Waals surface area contributed by atoms with Crippen LogP contribution in [-0.4, -0.2) is 4.57 Å². The van der Waals surface area contributed by atoms with Crippen LogP contribution in [0.15, 0.2) is 224 Å². The Morgan fingerprint density at radius 1 is 0.435 bits per heavy atom. The van der Waals surface area contributed by atoms with Gasteiger partial charge >= 0.3 is 0 Å². The summed E-state index contributed by atoms with van der Waals surface area (Å²) in [5, 5.41) is 5.21. The van der Waals surface area contributed by atoms with Crippen LogP contribution in [0.25, 0.3) is 82.8 Å². The minimum Gasteiger partial charge on any atom is -0.309 e. The van der Waals surface area contributed by atoms with Gasteiger partial charge in [-0.2, -0.15) is 0 Å². The lowest BCUT2D eigenvalue weighted by Crippen LogP contribution is -2.15. The third-order valence-corrected chi connectivity index (χ3v) is 15.6. The molecule has 2 nitrogen and oxygen atoms in total. The predicted octanol–water partition coefficient (Wildman–Crippen LogP) is 18.8. The maximum Gasteiger partial charge on any atom is 0.0547 e. The molecule has 2 aliphatic rings. The summed E-state index contributed by atoms with van der Waals surface area (Å²) in [4.78, 5) is 2.56. The number of para-hydroxylation sites is 4. The van der Waals surface area contributed by atoms with E-state index in [4.69, 9.17) is 0 Å². The monoisotopic (exact) mass is 886 g/mol. The summed E-state index contributed by atoms with van der Waals surface area (Å²) in [6, 6.07) is 84.1. The van der Waals surface area contributed by atoms with Crippen molar-refractivity contribution in [3.8, 4) is 50.2 Å². The Bertz CT molecular complexity index is 3750. The number of rotatable bonds is 8. The maximum atomic E-state index is 2.56. The number of hydrogen-bond donors (Lipinski definition) is 0. The fourth-order valence-corrected chi connectivity index (χ4v) is 12.4. The Balaban J connectivity index is 1.05. The Morgan fingerprint density at radius 2 is 1.03 bits per heavy atom. The first-order valence-electron chi connectivity index (χ1n) is 25.0. The topological polar surface area (TPSA) is 8.17 Å². The molecule has 0 saturated heterocycles. The van der Waals surface area contributed by atoms with E-state index >= 15 is 0 Å². The molecule has 0 amide bonds. The molecule has 1 aromatic heterocycles. The summed E-state index contributed by atoms with van der Waals surface area (Å²) in [5.74, 6) is 0.564. The van der Waals surface area contributed by atoms with Gasteiger partial charge in [0.05, 0.1) is 22.4 Å². The molecule has 1 saturated carbocycles. The molecule has 0 bridgehead atoms. The number of nitrogens with zero attached hydrogens (tertiary/aromatic N) is 2. The van der Waals surface area contributed by atoms with Crippen molar-refractivity contribution < 1.29 is 0 Å². The first kappa shape index (κ1) is 41.3. The average molecular weight is 887 g/mol. The zero-order chi connectivity index (χ0) is 46.1. The minimum absolute atomic E-state index is 0.116. The lowest BCUT2D eigenvalue weighted by Gasteiger charge is -2.31. The van der Waals surface area contributed by atoms with Crippen molar-refractivity contribution in [2.24, 2.45) is 0 Å². The first-order valence-corrected chi connectivity index (χ1v) is 25.0. The molecule has 0 radical (unpaired) electrons. The van der Waals surface area contributed by atoms with E-state index in [1.807, 2.05) is 0 Å². The fraction of sp³-hybridized carbons (Fsp3) is 0.134. The number of benzene rings is 10. The lowest BCUT2D eigenvalue weighted by molar-refractivity contribution is 0.445. The van der Waals surface area contributed by atoms with Crippen molar-refractivity contribution in [3.63, 3.8) is 0 Å². The molecule has 2 aliphatic carbocycles. The molecule has 0 unspecified atom stereocenters. The molecule has 332 valence electrons. The van der Waals surface area contributed by atoms with Gasteiger partial charge < -0.3 is 9.47 Å². The third-order valence-electron chi connectivity index (χ3n) is 15.6. The summed E-state index contributed by atoms with van der Waals surface area (Å²) >= 11 is 0. The van der Waals surface area contributed by atoms with Gasteiger partial charge in [-0.05, 0) is 128 Å². The highest BCUT2D eigenvalue weighted by Gasteiger charge is 2.37. The van der Waals surface area contributed by atoms with Crippen LogP contribution in [0.1, 0.15) is 68.6 Å². The SMILES string of the molecule is CC1(C)c2ccccc2-c2c(-c3ccccc3N(c3cccc(-c4ccc5c6ccccc6n(-c6ccccc6)c5c4)c3)c3ccccc3-c3cccc4cccc(C5CCCCC5)c34)cccc21. The van der Waals surface area contributed by atoms with Crippen molar-refractivity contribution in [3.05, 3.63) is 241 Å². The zero-order valence-electron chi connectivity index (χ0n) is 39.4. The van der Waals surface area contributed by atoms with Gasteiger partial charge in [-0.25, -0.2) is 0 Å². The van der Waals surface area contributed by atoms with E-state index in [-0.39, 0.29) is 5.41 Å². The predicted molar refractivity (Wildman–Crippen MR) is 293 cm³/mol. The Labute approximate surface area is 405 Å². The fourth-order valence-electron chi connectivity index (χ4n) is 12.4. The van der Waals surface area contributed by atoms with Crippen molar-refractivity contribution >= 4 is 49.6 Å². The molecule has 2 heteroatoms. The summed E-state index contributed by atoms with van der Waals surface area (Å²) in [5.41, 5.74) is 21.1. The Hall–Kier alpha value is -7.94. The molecule has 11 aromatic rings. The van der Waals surface area contributed by atoms with Crippen LogP contribution in [0.3, 0.4) is 0 Å². The van der Waals surface area contributed by atoms with Gasteiger partial charge in [0.25, 0.3) is 0 Å². The van der Waals surface area contributed by atoms with E-state index in [2.05, 4.69) is 248 Å². The van der Waals surface area contributed by atoms with E-state index in [1.165, 1.54) is 126 Å². The quantitative estimate of drug-likeness (QED) is 0.148. The van der Waals surface area contributed by atoms with E-state index in [1.54, 1.807) is 0 Å². The van der Waals surface area contributed by atoms with E-state index in [0.29, 0.717) is 5.92 Å². The van der Waals surface area contributed by atoms with E-state index < -0.39 is 0 Å². The molecule has 0 spiro atoms. The highest BCUT2D eigenvalue weighted by atomic mass is 15.1. The smallest absolute Gasteiger partial charge is 0.0547 e. The number of hydrogen-bond acceptors (Lipinski definition) is 1. The molecular weight excluding hydrogens is 833 g/mol. The van der Waals surface area contributed by atoms with Crippen LogP contribution in [0.5, 0.6) is 0 Å². The van der Waals surface area contributed by atoms with Gasteiger partial charge in [0.15, 0.2) is 0 Å². The summed E-state index contributed by atoms with van der Waals surface area (Å²) in [7, 11) is 0. The molecule has 69 heavy (non-hydrogen) atoms. The van der Waals surface area contributed by atoms with Gasteiger partial charge in [0, 0.05) is 38.7 Å².